The molecule has 0 aromatic rings. The first-order chi connectivity index (χ1) is 5.77. The molecule has 0 heterocycles. The summed E-state index contributed by atoms with van der Waals surface area (Å²) in [6, 6.07) is -0.182. The molecule has 2 aliphatic rings. The van der Waals surface area contributed by atoms with E-state index in [2.05, 4.69) is 5.32 Å². The number of carbonyl (C=O) groups is 1. The summed E-state index contributed by atoms with van der Waals surface area (Å²) in [5, 5.41) is 2.78. The maximum atomic E-state index is 13.0. The summed E-state index contributed by atoms with van der Waals surface area (Å²) >= 11 is 0. The topological polar surface area (TPSA) is 29.1 Å². The summed E-state index contributed by atoms with van der Waals surface area (Å²) < 4.78 is 13.0. The van der Waals surface area contributed by atoms with E-state index >= 15 is 0 Å². The lowest BCUT2D eigenvalue weighted by molar-refractivity contribution is -0.123. The van der Waals surface area contributed by atoms with Gasteiger partial charge in [0.1, 0.15) is 6.17 Å². The lowest BCUT2D eigenvalue weighted by Gasteiger charge is -2.14. The van der Waals surface area contributed by atoms with Crippen molar-refractivity contribution in [2.75, 3.05) is 0 Å². The van der Waals surface area contributed by atoms with Crippen molar-refractivity contribution in [2.45, 2.75) is 44.3 Å². The molecule has 0 aromatic carbocycles. The van der Waals surface area contributed by atoms with Crippen molar-refractivity contribution in [2.24, 2.45) is 5.92 Å². The minimum Gasteiger partial charge on any atom is -0.350 e. The molecule has 2 saturated carbocycles. The number of nitrogens with one attached hydrogen (secondary N) is 1. The van der Waals surface area contributed by atoms with Crippen molar-refractivity contribution in [1.82, 2.24) is 5.32 Å². The molecule has 0 bridgehead atoms. The fourth-order valence-corrected chi connectivity index (χ4v) is 1.72. The summed E-state index contributed by atoms with van der Waals surface area (Å²) in [7, 11) is 0. The number of halogens is 1. The molecule has 0 aromatic heterocycles. The first-order valence-corrected chi connectivity index (χ1v) is 4.72. The largest absolute Gasteiger partial charge is 0.350 e. The minimum absolute atomic E-state index is 0.0737. The van der Waals surface area contributed by atoms with E-state index in [1.165, 1.54) is 0 Å². The van der Waals surface area contributed by atoms with Crippen LogP contribution >= 0.6 is 0 Å². The van der Waals surface area contributed by atoms with Gasteiger partial charge in [0.25, 0.3) is 0 Å². The molecule has 12 heavy (non-hydrogen) atoms. The zero-order valence-corrected chi connectivity index (χ0v) is 7.05. The standard InChI is InChI=1S/C9H14FNO/c10-7-2-1-3-8(7)11-9(12)6-4-5-6/h6-8H,1-5H2,(H,11,12)/t7-,8-/m1/s1. The summed E-state index contributed by atoms with van der Waals surface area (Å²) in [4.78, 5) is 11.2. The molecule has 68 valence electrons. The summed E-state index contributed by atoms with van der Waals surface area (Å²) in [6.07, 6.45) is 3.55. The van der Waals surface area contributed by atoms with Gasteiger partial charge in [-0.1, -0.05) is 0 Å². The molecule has 0 saturated heterocycles. The monoisotopic (exact) mass is 171 g/mol. The van der Waals surface area contributed by atoms with E-state index in [9.17, 15) is 9.18 Å². The smallest absolute Gasteiger partial charge is 0.223 e. The normalized spacial score (nSPS) is 35.1. The van der Waals surface area contributed by atoms with Crippen LogP contribution in [0.1, 0.15) is 32.1 Å². The Kier molecular flexibility index (Phi) is 2.03. The number of hydrogen-bond donors (Lipinski definition) is 1. The van der Waals surface area contributed by atoms with Gasteiger partial charge in [-0.2, -0.15) is 0 Å². The molecule has 0 aliphatic heterocycles. The summed E-state index contributed by atoms with van der Waals surface area (Å²) in [5.74, 6) is 0.280. The van der Waals surface area contributed by atoms with Crippen LogP contribution in [-0.4, -0.2) is 18.1 Å². The van der Waals surface area contributed by atoms with Gasteiger partial charge in [-0.25, -0.2) is 4.39 Å². The van der Waals surface area contributed by atoms with Crippen LogP contribution in [-0.2, 0) is 4.79 Å². The van der Waals surface area contributed by atoms with Gasteiger partial charge in [0, 0.05) is 5.92 Å². The van der Waals surface area contributed by atoms with Crippen molar-refractivity contribution in [1.29, 1.82) is 0 Å². The maximum absolute atomic E-state index is 13.0. The predicted octanol–water partition coefficient (Wildman–Crippen LogP) is 1.40. The Balaban J connectivity index is 1.80. The van der Waals surface area contributed by atoms with Gasteiger partial charge < -0.3 is 5.32 Å². The Hall–Kier alpha value is -0.600. The van der Waals surface area contributed by atoms with Gasteiger partial charge >= 0.3 is 0 Å². The Labute approximate surface area is 71.5 Å². The second-order valence-corrected chi connectivity index (χ2v) is 3.84. The highest BCUT2D eigenvalue weighted by atomic mass is 19.1. The first-order valence-electron chi connectivity index (χ1n) is 4.72. The molecule has 2 nitrogen and oxygen atoms in total. The number of amides is 1. The van der Waals surface area contributed by atoms with E-state index < -0.39 is 6.17 Å². The van der Waals surface area contributed by atoms with Crippen molar-refractivity contribution >= 4 is 5.91 Å². The molecule has 2 fully saturated rings. The molecule has 0 radical (unpaired) electrons. The average molecular weight is 171 g/mol. The average Bonchev–Trinajstić information content (AvgIpc) is 2.80. The number of hydrogen-bond acceptors (Lipinski definition) is 1. The van der Waals surface area contributed by atoms with E-state index in [0.29, 0.717) is 6.42 Å². The lowest BCUT2D eigenvalue weighted by Crippen LogP contribution is -2.39. The van der Waals surface area contributed by atoms with Crippen LogP contribution in [0.4, 0.5) is 4.39 Å². The second kappa shape index (κ2) is 3.04. The highest BCUT2D eigenvalue weighted by Gasteiger charge is 2.34. The minimum atomic E-state index is -0.798. The zero-order chi connectivity index (χ0) is 8.55. The summed E-state index contributed by atoms with van der Waals surface area (Å²) in [5.41, 5.74) is 0. The third kappa shape index (κ3) is 1.59. The van der Waals surface area contributed by atoms with Gasteiger partial charge in [0.05, 0.1) is 6.04 Å². The molecule has 0 spiro atoms. The van der Waals surface area contributed by atoms with Gasteiger partial charge in [-0.3, -0.25) is 4.79 Å². The molecule has 1 amide bonds. The molecule has 2 aliphatic carbocycles. The van der Waals surface area contributed by atoms with E-state index in [-0.39, 0.29) is 17.9 Å². The highest BCUT2D eigenvalue weighted by molar-refractivity contribution is 5.81. The van der Waals surface area contributed by atoms with Gasteiger partial charge in [-0.15, -0.1) is 0 Å². The number of carbonyl (C=O) groups excluding carboxylic acids is 1. The van der Waals surface area contributed by atoms with E-state index in [1.807, 2.05) is 0 Å². The zero-order valence-electron chi connectivity index (χ0n) is 7.05. The molecule has 3 heteroatoms. The van der Waals surface area contributed by atoms with E-state index in [0.717, 1.165) is 25.7 Å². The lowest BCUT2D eigenvalue weighted by atomic mass is 10.2. The molecule has 2 rings (SSSR count). The SMILES string of the molecule is O=C(N[C@@H]1CCC[C@H]1F)C1CC1. The van der Waals surface area contributed by atoms with Crippen molar-refractivity contribution in [3.8, 4) is 0 Å². The summed E-state index contributed by atoms with van der Waals surface area (Å²) in [6.45, 7) is 0. The van der Waals surface area contributed by atoms with Crippen molar-refractivity contribution < 1.29 is 9.18 Å². The van der Waals surface area contributed by atoms with Gasteiger partial charge in [-0.05, 0) is 32.1 Å². The van der Waals surface area contributed by atoms with Crippen molar-refractivity contribution in [3.63, 3.8) is 0 Å². The highest BCUT2D eigenvalue weighted by Crippen LogP contribution is 2.30. The third-order valence-corrected chi connectivity index (χ3v) is 2.71. The number of alkyl halides is 1. The van der Waals surface area contributed by atoms with Gasteiger partial charge in [0.2, 0.25) is 5.91 Å². The second-order valence-electron chi connectivity index (χ2n) is 3.84. The van der Waals surface area contributed by atoms with Crippen molar-refractivity contribution in [3.05, 3.63) is 0 Å². The van der Waals surface area contributed by atoms with E-state index in [4.69, 9.17) is 0 Å². The van der Waals surface area contributed by atoms with Crippen LogP contribution in [0.3, 0.4) is 0 Å². The Bertz CT molecular complexity index is 191. The van der Waals surface area contributed by atoms with Crippen LogP contribution in [0.15, 0.2) is 0 Å². The molecular formula is C9H14FNO. The Morgan fingerprint density at radius 1 is 1.25 bits per heavy atom. The first kappa shape index (κ1) is 8.02. The molecular weight excluding hydrogens is 157 g/mol. The Morgan fingerprint density at radius 2 is 2.00 bits per heavy atom. The van der Waals surface area contributed by atoms with Crippen LogP contribution in [0.5, 0.6) is 0 Å². The predicted molar refractivity (Wildman–Crippen MR) is 43.4 cm³/mol. The molecule has 2 atom stereocenters. The van der Waals surface area contributed by atoms with Crippen LogP contribution in [0.2, 0.25) is 0 Å². The van der Waals surface area contributed by atoms with E-state index in [1.54, 1.807) is 0 Å². The fraction of sp³-hybridized carbons (Fsp3) is 0.889. The van der Waals surface area contributed by atoms with Crippen LogP contribution in [0.25, 0.3) is 0 Å². The third-order valence-electron chi connectivity index (χ3n) is 2.71. The number of rotatable bonds is 2. The molecule has 0 unspecified atom stereocenters. The van der Waals surface area contributed by atoms with Crippen LogP contribution in [0, 0.1) is 5.92 Å². The van der Waals surface area contributed by atoms with Crippen LogP contribution < -0.4 is 5.32 Å². The fourth-order valence-electron chi connectivity index (χ4n) is 1.72. The maximum Gasteiger partial charge on any atom is 0.223 e. The van der Waals surface area contributed by atoms with Gasteiger partial charge in [0.15, 0.2) is 0 Å². The quantitative estimate of drug-likeness (QED) is 0.668. The molecule has 1 N–H and O–H groups in total. The Morgan fingerprint density at radius 3 is 2.50 bits per heavy atom.